The molecule has 2 aromatic heterocycles. The van der Waals surface area contributed by atoms with Crippen LogP contribution in [-0.2, 0) is 20.6 Å². The predicted octanol–water partition coefficient (Wildman–Crippen LogP) is 0.524. The van der Waals surface area contributed by atoms with E-state index in [9.17, 15) is 14.7 Å². The van der Waals surface area contributed by atoms with Gasteiger partial charge < -0.3 is 15.0 Å². The topological polar surface area (TPSA) is 94.1 Å². The molecule has 0 spiro atoms. The van der Waals surface area contributed by atoms with Crippen molar-refractivity contribution in [1.29, 1.82) is 0 Å². The first-order chi connectivity index (χ1) is 12.3. The molecule has 0 saturated carbocycles. The van der Waals surface area contributed by atoms with E-state index in [1.807, 2.05) is 32.0 Å². The Hall–Kier alpha value is -2.87. The number of fused-ring (bicyclic) bond motifs is 1. The van der Waals surface area contributed by atoms with Gasteiger partial charge in [-0.3, -0.25) is 13.9 Å². The molecule has 0 aliphatic carbocycles. The van der Waals surface area contributed by atoms with Gasteiger partial charge in [0.15, 0.2) is 11.2 Å². The van der Waals surface area contributed by atoms with Gasteiger partial charge in [0.05, 0.1) is 19.0 Å². The van der Waals surface area contributed by atoms with Crippen LogP contribution >= 0.6 is 0 Å². The van der Waals surface area contributed by atoms with Crippen LogP contribution in [0.2, 0.25) is 0 Å². The second kappa shape index (κ2) is 6.80. The van der Waals surface area contributed by atoms with Gasteiger partial charge in [0, 0.05) is 26.3 Å². The molecule has 0 radical (unpaired) electrons. The maximum atomic E-state index is 12.4. The van der Waals surface area contributed by atoms with Gasteiger partial charge in [-0.25, -0.2) is 9.78 Å². The fraction of sp³-hybridized carbons (Fsp3) is 0.389. The van der Waals surface area contributed by atoms with Gasteiger partial charge in [-0.15, -0.1) is 0 Å². The molecule has 8 nitrogen and oxygen atoms in total. The van der Waals surface area contributed by atoms with Crippen molar-refractivity contribution < 1.29 is 5.11 Å². The van der Waals surface area contributed by atoms with Crippen LogP contribution < -0.4 is 16.6 Å². The van der Waals surface area contributed by atoms with Crippen molar-refractivity contribution >= 4 is 16.9 Å². The van der Waals surface area contributed by atoms with Gasteiger partial charge in [-0.2, -0.15) is 0 Å². The van der Waals surface area contributed by atoms with Crippen molar-refractivity contribution in [3.05, 3.63) is 56.5 Å². The average Bonchev–Trinajstić information content (AvgIpc) is 3.02. The summed E-state index contributed by atoms with van der Waals surface area (Å²) in [5, 5.41) is 13.6. The van der Waals surface area contributed by atoms with Crippen LogP contribution in [0, 0.1) is 13.8 Å². The maximum absolute atomic E-state index is 12.4. The number of aliphatic hydroxyl groups is 1. The van der Waals surface area contributed by atoms with E-state index < -0.39 is 17.4 Å². The number of benzene rings is 1. The van der Waals surface area contributed by atoms with Gasteiger partial charge in [0.1, 0.15) is 0 Å². The third-order valence-electron chi connectivity index (χ3n) is 4.67. The summed E-state index contributed by atoms with van der Waals surface area (Å²) in [5.41, 5.74) is 3.09. The number of aryl methyl sites for hydroxylation is 3. The van der Waals surface area contributed by atoms with E-state index in [1.54, 1.807) is 11.6 Å². The predicted molar refractivity (Wildman–Crippen MR) is 101 cm³/mol. The lowest BCUT2D eigenvalue weighted by molar-refractivity contribution is 0.168. The van der Waals surface area contributed by atoms with Gasteiger partial charge in [0.25, 0.3) is 5.56 Å². The number of rotatable bonds is 5. The Morgan fingerprint density at radius 2 is 1.88 bits per heavy atom. The van der Waals surface area contributed by atoms with Gasteiger partial charge in [-0.05, 0) is 37.1 Å². The van der Waals surface area contributed by atoms with Crippen molar-refractivity contribution in [1.82, 2.24) is 18.7 Å². The molecule has 0 unspecified atom stereocenters. The highest BCUT2D eigenvalue weighted by Crippen LogP contribution is 2.14. The van der Waals surface area contributed by atoms with Crippen molar-refractivity contribution in [2.24, 2.45) is 14.1 Å². The minimum absolute atomic E-state index is 0.196. The minimum atomic E-state index is -0.726. The average molecular weight is 357 g/mol. The first-order valence-electron chi connectivity index (χ1n) is 8.39. The standard InChI is InChI=1S/C18H23N5O3/c1-11-5-6-13(7-12(11)2)19-8-14(24)9-23-10-20-16-15(23)17(25)22(4)18(26)21(16)3/h5-7,10,14,19,24H,8-9H2,1-4H3/t14-/m1/s1. The van der Waals surface area contributed by atoms with E-state index in [0.29, 0.717) is 17.7 Å². The van der Waals surface area contributed by atoms with E-state index in [2.05, 4.69) is 10.3 Å². The summed E-state index contributed by atoms with van der Waals surface area (Å²) in [6.07, 6.45) is 0.751. The normalized spacial score (nSPS) is 12.5. The molecule has 0 saturated heterocycles. The summed E-state index contributed by atoms with van der Waals surface area (Å²) in [7, 11) is 3.00. The quantitative estimate of drug-likeness (QED) is 0.694. The second-order valence-corrected chi connectivity index (χ2v) is 6.61. The van der Waals surface area contributed by atoms with Crippen LogP contribution in [0.1, 0.15) is 11.1 Å². The Bertz CT molecular complexity index is 1080. The molecule has 0 amide bonds. The summed E-state index contributed by atoms with van der Waals surface area (Å²) >= 11 is 0. The van der Waals surface area contributed by atoms with Crippen molar-refractivity contribution in [3.63, 3.8) is 0 Å². The Morgan fingerprint density at radius 1 is 1.15 bits per heavy atom. The molecule has 8 heteroatoms. The van der Waals surface area contributed by atoms with Crippen molar-refractivity contribution in [3.8, 4) is 0 Å². The minimum Gasteiger partial charge on any atom is -0.389 e. The molecule has 1 atom stereocenters. The summed E-state index contributed by atoms with van der Waals surface area (Å²) in [6, 6.07) is 6.02. The molecule has 26 heavy (non-hydrogen) atoms. The molecule has 0 aliphatic heterocycles. The number of anilines is 1. The highest BCUT2D eigenvalue weighted by molar-refractivity contribution is 5.69. The van der Waals surface area contributed by atoms with Crippen LogP contribution in [0.5, 0.6) is 0 Å². The van der Waals surface area contributed by atoms with Gasteiger partial charge >= 0.3 is 5.69 Å². The smallest absolute Gasteiger partial charge is 0.332 e. The van der Waals surface area contributed by atoms with Crippen LogP contribution in [0.25, 0.3) is 11.2 Å². The second-order valence-electron chi connectivity index (χ2n) is 6.61. The summed E-state index contributed by atoms with van der Waals surface area (Å²) in [6.45, 7) is 4.61. The van der Waals surface area contributed by atoms with Crippen LogP contribution in [-0.4, -0.2) is 36.4 Å². The number of hydrogen-bond acceptors (Lipinski definition) is 5. The van der Waals surface area contributed by atoms with Gasteiger partial charge in [-0.1, -0.05) is 6.07 Å². The zero-order valence-corrected chi connectivity index (χ0v) is 15.4. The van der Waals surface area contributed by atoms with Crippen LogP contribution in [0.4, 0.5) is 5.69 Å². The molecule has 2 heterocycles. The number of aromatic nitrogens is 4. The summed E-state index contributed by atoms with van der Waals surface area (Å²) in [5.74, 6) is 0. The largest absolute Gasteiger partial charge is 0.389 e. The SMILES string of the molecule is Cc1ccc(NC[C@@H](O)Cn2cnc3c2c(=O)n(C)c(=O)n3C)cc1C. The van der Waals surface area contributed by atoms with Crippen LogP contribution in [0.15, 0.2) is 34.1 Å². The molecular weight excluding hydrogens is 334 g/mol. The molecule has 0 fully saturated rings. The first kappa shape index (κ1) is 17.9. The Labute approximate surface area is 150 Å². The molecule has 2 N–H and O–H groups in total. The van der Waals surface area contributed by atoms with E-state index in [-0.39, 0.29) is 6.54 Å². The van der Waals surface area contributed by atoms with Crippen LogP contribution in [0.3, 0.4) is 0 Å². The lowest BCUT2D eigenvalue weighted by atomic mass is 10.1. The summed E-state index contributed by atoms with van der Waals surface area (Å²) < 4.78 is 3.96. The maximum Gasteiger partial charge on any atom is 0.332 e. The van der Waals surface area contributed by atoms with Gasteiger partial charge in [0.2, 0.25) is 0 Å². The highest BCUT2D eigenvalue weighted by atomic mass is 16.3. The molecule has 138 valence electrons. The fourth-order valence-corrected chi connectivity index (χ4v) is 2.91. The number of nitrogens with one attached hydrogen (secondary N) is 1. The fourth-order valence-electron chi connectivity index (χ4n) is 2.91. The van der Waals surface area contributed by atoms with E-state index in [0.717, 1.165) is 10.3 Å². The zero-order chi connectivity index (χ0) is 19.0. The number of nitrogens with zero attached hydrogens (tertiary/aromatic N) is 4. The Morgan fingerprint density at radius 3 is 2.58 bits per heavy atom. The summed E-state index contributed by atoms with van der Waals surface area (Å²) in [4.78, 5) is 28.5. The number of aliphatic hydroxyl groups excluding tert-OH is 1. The Kier molecular flexibility index (Phi) is 4.69. The molecular formula is C18H23N5O3. The third-order valence-corrected chi connectivity index (χ3v) is 4.67. The third kappa shape index (κ3) is 3.15. The molecule has 3 aromatic rings. The van der Waals surface area contributed by atoms with E-state index in [4.69, 9.17) is 0 Å². The number of hydrogen-bond donors (Lipinski definition) is 2. The van der Waals surface area contributed by atoms with E-state index >= 15 is 0 Å². The monoisotopic (exact) mass is 357 g/mol. The lowest BCUT2D eigenvalue weighted by Gasteiger charge is -2.15. The molecule has 3 rings (SSSR count). The first-order valence-corrected chi connectivity index (χ1v) is 8.39. The highest BCUT2D eigenvalue weighted by Gasteiger charge is 2.16. The Balaban J connectivity index is 1.79. The number of imidazole rings is 1. The van der Waals surface area contributed by atoms with Crippen molar-refractivity contribution in [2.45, 2.75) is 26.5 Å². The molecule has 0 bridgehead atoms. The molecule has 0 aliphatic rings. The van der Waals surface area contributed by atoms with E-state index in [1.165, 1.54) is 29.1 Å². The molecule has 1 aromatic carbocycles. The van der Waals surface area contributed by atoms with Crippen molar-refractivity contribution in [2.75, 3.05) is 11.9 Å². The zero-order valence-electron chi connectivity index (χ0n) is 15.4. The lowest BCUT2D eigenvalue weighted by Crippen LogP contribution is -2.38.